The summed E-state index contributed by atoms with van der Waals surface area (Å²) in [7, 11) is 0. The Kier molecular flexibility index (Phi) is 3.03. The molecule has 0 aromatic heterocycles. The lowest BCUT2D eigenvalue weighted by Crippen LogP contribution is -1.81. The van der Waals surface area contributed by atoms with Gasteiger partial charge in [-0.25, -0.2) is 0 Å². The summed E-state index contributed by atoms with van der Waals surface area (Å²) in [6, 6.07) is 5.88. The zero-order valence-electron chi connectivity index (χ0n) is 6.05. The Labute approximate surface area is 77.3 Å². The number of halogens is 1. The second-order valence-corrected chi connectivity index (χ2v) is 2.97. The molecule has 0 N–H and O–H groups in total. The summed E-state index contributed by atoms with van der Waals surface area (Å²) in [5, 5.41) is 0. The molecule has 2 heteroatoms. The van der Waals surface area contributed by atoms with E-state index in [-0.39, 0.29) is 0 Å². The van der Waals surface area contributed by atoms with Gasteiger partial charge in [-0.15, -0.1) is 24.2 Å². The molecule has 0 atom stereocenters. The van der Waals surface area contributed by atoms with E-state index in [0.717, 1.165) is 16.0 Å². The van der Waals surface area contributed by atoms with Crippen LogP contribution in [0, 0.1) is 0 Å². The Balaban J connectivity index is 3.12. The van der Waals surface area contributed by atoms with Crippen molar-refractivity contribution in [1.29, 1.82) is 0 Å². The number of rotatable bonds is 2. The van der Waals surface area contributed by atoms with E-state index in [1.807, 2.05) is 18.2 Å². The van der Waals surface area contributed by atoms with Crippen molar-refractivity contribution in [2.45, 2.75) is 10.8 Å². The van der Waals surface area contributed by atoms with Crippen LogP contribution in [0.2, 0.25) is 0 Å². The number of alkyl halides is 1. The van der Waals surface area contributed by atoms with Crippen molar-refractivity contribution in [3.8, 4) is 0 Å². The average molecular weight is 185 g/mol. The van der Waals surface area contributed by atoms with Crippen LogP contribution in [0.15, 0.2) is 29.7 Å². The lowest BCUT2D eigenvalue weighted by Gasteiger charge is -2.01. The van der Waals surface area contributed by atoms with Crippen molar-refractivity contribution in [2.24, 2.45) is 0 Å². The summed E-state index contributed by atoms with van der Waals surface area (Å²) in [5.41, 5.74) is 2.13. The van der Waals surface area contributed by atoms with Crippen LogP contribution in [-0.2, 0) is 5.88 Å². The van der Waals surface area contributed by atoms with Crippen LogP contribution in [0.4, 0.5) is 0 Å². The minimum atomic E-state index is 0.501. The summed E-state index contributed by atoms with van der Waals surface area (Å²) in [6.07, 6.45) is 1.79. The Bertz CT molecular complexity index is 268. The summed E-state index contributed by atoms with van der Waals surface area (Å²) >= 11 is 9.92. The standard InChI is InChI=1S/C9H9ClS/c1-2-7-3-4-9(11)8(5-7)6-10/h2-5,11H,1,6H2. The molecule has 0 aliphatic heterocycles. The van der Waals surface area contributed by atoms with Crippen molar-refractivity contribution in [1.82, 2.24) is 0 Å². The minimum Gasteiger partial charge on any atom is -0.143 e. The highest BCUT2D eigenvalue weighted by Crippen LogP contribution is 2.18. The number of hydrogen-bond acceptors (Lipinski definition) is 1. The molecule has 0 amide bonds. The van der Waals surface area contributed by atoms with E-state index in [4.69, 9.17) is 11.6 Å². The molecule has 0 aliphatic carbocycles. The molecule has 0 saturated heterocycles. The first kappa shape index (κ1) is 8.69. The maximum absolute atomic E-state index is 5.68. The molecular weight excluding hydrogens is 176 g/mol. The largest absolute Gasteiger partial charge is 0.143 e. The van der Waals surface area contributed by atoms with E-state index in [2.05, 4.69) is 19.2 Å². The topological polar surface area (TPSA) is 0 Å². The first-order valence-electron chi connectivity index (χ1n) is 3.28. The molecule has 0 unspecified atom stereocenters. The van der Waals surface area contributed by atoms with E-state index in [1.165, 1.54) is 0 Å². The molecule has 0 heterocycles. The fourth-order valence-corrected chi connectivity index (χ4v) is 1.37. The SMILES string of the molecule is C=Cc1ccc(S)c(CCl)c1. The molecule has 0 spiro atoms. The summed E-state index contributed by atoms with van der Waals surface area (Å²) in [4.78, 5) is 0.936. The van der Waals surface area contributed by atoms with Gasteiger partial charge in [0.15, 0.2) is 0 Å². The second kappa shape index (κ2) is 3.84. The molecule has 1 aromatic rings. The fourth-order valence-electron chi connectivity index (χ4n) is 0.839. The Morgan fingerprint density at radius 1 is 1.55 bits per heavy atom. The quantitative estimate of drug-likeness (QED) is 0.529. The van der Waals surface area contributed by atoms with Gasteiger partial charge in [-0.1, -0.05) is 18.7 Å². The maximum atomic E-state index is 5.68. The van der Waals surface area contributed by atoms with Crippen LogP contribution >= 0.6 is 24.2 Å². The molecule has 0 aliphatic rings. The molecule has 58 valence electrons. The van der Waals surface area contributed by atoms with Gasteiger partial charge in [-0.3, -0.25) is 0 Å². The molecule has 1 aromatic carbocycles. The minimum absolute atomic E-state index is 0.501. The number of hydrogen-bond donors (Lipinski definition) is 1. The van der Waals surface area contributed by atoms with Crippen LogP contribution in [0.25, 0.3) is 6.08 Å². The highest BCUT2D eigenvalue weighted by molar-refractivity contribution is 7.80. The van der Waals surface area contributed by atoms with Crippen LogP contribution in [0.5, 0.6) is 0 Å². The summed E-state index contributed by atoms with van der Waals surface area (Å²) < 4.78 is 0. The Hall–Kier alpha value is -0.400. The predicted molar refractivity (Wildman–Crippen MR) is 53.3 cm³/mol. The normalized spacial score (nSPS) is 9.64. The average Bonchev–Trinajstić information content (AvgIpc) is 2.05. The Morgan fingerprint density at radius 3 is 2.82 bits per heavy atom. The third kappa shape index (κ3) is 2.01. The van der Waals surface area contributed by atoms with E-state index in [0.29, 0.717) is 5.88 Å². The van der Waals surface area contributed by atoms with Crippen molar-refractivity contribution >= 4 is 30.3 Å². The molecule has 0 radical (unpaired) electrons. The maximum Gasteiger partial charge on any atom is 0.0485 e. The third-order valence-corrected chi connectivity index (χ3v) is 2.21. The number of thiol groups is 1. The van der Waals surface area contributed by atoms with E-state index in [9.17, 15) is 0 Å². The molecule has 11 heavy (non-hydrogen) atoms. The van der Waals surface area contributed by atoms with Crippen molar-refractivity contribution in [2.75, 3.05) is 0 Å². The van der Waals surface area contributed by atoms with Crippen LogP contribution < -0.4 is 0 Å². The molecule has 0 saturated carbocycles. The van der Waals surface area contributed by atoms with Gasteiger partial charge in [0.25, 0.3) is 0 Å². The van der Waals surface area contributed by atoms with E-state index >= 15 is 0 Å². The van der Waals surface area contributed by atoms with Gasteiger partial charge < -0.3 is 0 Å². The monoisotopic (exact) mass is 184 g/mol. The fraction of sp³-hybridized carbons (Fsp3) is 0.111. The molecule has 0 fully saturated rings. The van der Waals surface area contributed by atoms with Crippen LogP contribution in [-0.4, -0.2) is 0 Å². The summed E-state index contributed by atoms with van der Waals surface area (Å²) in [6.45, 7) is 3.67. The van der Waals surface area contributed by atoms with Crippen LogP contribution in [0.1, 0.15) is 11.1 Å². The van der Waals surface area contributed by atoms with Gasteiger partial charge >= 0.3 is 0 Å². The lowest BCUT2D eigenvalue weighted by molar-refractivity contribution is 1.26. The van der Waals surface area contributed by atoms with Crippen molar-refractivity contribution in [3.63, 3.8) is 0 Å². The molecular formula is C9H9ClS. The van der Waals surface area contributed by atoms with Gasteiger partial charge in [-0.2, -0.15) is 0 Å². The smallest absolute Gasteiger partial charge is 0.0485 e. The number of benzene rings is 1. The van der Waals surface area contributed by atoms with Gasteiger partial charge in [0.05, 0.1) is 0 Å². The van der Waals surface area contributed by atoms with Crippen LogP contribution in [0.3, 0.4) is 0 Å². The second-order valence-electron chi connectivity index (χ2n) is 2.23. The lowest BCUT2D eigenvalue weighted by atomic mass is 10.1. The molecule has 0 bridgehead atoms. The third-order valence-electron chi connectivity index (χ3n) is 1.48. The van der Waals surface area contributed by atoms with Crippen molar-refractivity contribution in [3.05, 3.63) is 35.9 Å². The zero-order valence-corrected chi connectivity index (χ0v) is 7.70. The van der Waals surface area contributed by atoms with E-state index < -0.39 is 0 Å². The first-order valence-corrected chi connectivity index (χ1v) is 4.26. The molecule has 1 rings (SSSR count). The Morgan fingerprint density at radius 2 is 2.27 bits per heavy atom. The highest BCUT2D eigenvalue weighted by Gasteiger charge is 1.96. The molecule has 0 nitrogen and oxygen atoms in total. The first-order chi connectivity index (χ1) is 5.27. The predicted octanol–water partition coefficient (Wildman–Crippen LogP) is 3.36. The van der Waals surface area contributed by atoms with Gasteiger partial charge in [0, 0.05) is 10.8 Å². The van der Waals surface area contributed by atoms with Gasteiger partial charge in [-0.05, 0) is 23.3 Å². The van der Waals surface area contributed by atoms with Crippen molar-refractivity contribution < 1.29 is 0 Å². The van der Waals surface area contributed by atoms with Gasteiger partial charge in [0.1, 0.15) is 0 Å². The zero-order chi connectivity index (χ0) is 8.27. The van der Waals surface area contributed by atoms with Gasteiger partial charge in [0.2, 0.25) is 0 Å². The summed E-state index contributed by atoms with van der Waals surface area (Å²) in [5.74, 6) is 0.501. The van der Waals surface area contributed by atoms with E-state index in [1.54, 1.807) is 6.08 Å². The highest BCUT2D eigenvalue weighted by atomic mass is 35.5.